The van der Waals surface area contributed by atoms with Gasteiger partial charge in [0.1, 0.15) is 18.4 Å². The fourth-order valence-corrected chi connectivity index (χ4v) is 3.63. The summed E-state index contributed by atoms with van der Waals surface area (Å²) in [5.74, 6) is -3.19. The number of esters is 1. The van der Waals surface area contributed by atoms with Gasteiger partial charge in [-0.2, -0.15) is 13.5 Å². The molecule has 0 aromatic heterocycles. The van der Waals surface area contributed by atoms with Crippen LogP contribution in [0.4, 0.5) is 4.39 Å². The van der Waals surface area contributed by atoms with Gasteiger partial charge in [-0.05, 0) is 19.4 Å². The molecule has 2 bridgehead atoms. The standard InChI is InChI=1S/C12H18FN3O7S/c13-8-1-2-14-5-9(8)22-12(18)7-4-15-10-3-6(7)11(17)16(10)23-24(19,20)21/h6-10,14-15H,1-5H2,(H,19,20,21)/t6?,7-,8+,9+,10-/m1/s1. The van der Waals surface area contributed by atoms with Crippen molar-refractivity contribution in [1.29, 1.82) is 0 Å². The van der Waals surface area contributed by atoms with E-state index in [-0.39, 0.29) is 25.9 Å². The maximum absolute atomic E-state index is 13.8. The predicted octanol–water partition coefficient (Wildman–Crippen LogP) is -1.64. The number of nitrogens with one attached hydrogen (secondary N) is 2. The normalized spacial score (nSPS) is 36.7. The summed E-state index contributed by atoms with van der Waals surface area (Å²) in [7, 11) is -4.86. The number of hydrogen-bond donors (Lipinski definition) is 3. The molecule has 3 aliphatic heterocycles. The van der Waals surface area contributed by atoms with Crippen molar-refractivity contribution in [2.75, 3.05) is 19.6 Å². The van der Waals surface area contributed by atoms with Gasteiger partial charge in [0, 0.05) is 13.1 Å². The number of carbonyl (C=O) groups is 2. The van der Waals surface area contributed by atoms with Crippen molar-refractivity contribution in [3.63, 3.8) is 0 Å². The Morgan fingerprint density at radius 1 is 1.38 bits per heavy atom. The second kappa shape index (κ2) is 6.52. The zero-order valence-electron chi connectivity index (χ0n) is 12.6. The van der Waals surface area contributed by atoms with Crippen LogP contribution in [0.3, 0.4) is 0 Å². The minimum absolute atomic E-state index is 0.0579. The third kappa shape index (κ3) is 3.52. The number of amides is 1. The molecule has 24 heavy (non-hydrogen) atoms. The van der Waals surface area contributed by atoms with E-state index in [0.717, 1.165) is 0 Å². The molecule has 0 saturated carbocycles. The lowest BCUT2D eigenvalue weighted by Gasteiger charge is -2.30. The summed E-state index contributed by atoms with van der Waals surface area (Å²) in [6, 6.07) is 0. The fourth-order valence-electron chi connectivity index (χ4n) is 3.25. The van der Waals surface area contributed by atoms with E-state index in [4.69, 9.17) is 9.29 Å². The van der Waals surface area contributed by atoms with Gasteiger partial charge >= 0.3 is 16.4 Å². The Labute approximate surface area is 137 Å². The van der Waals surface area contributed by atoms with Gasteiger partial charge in [0.2, 0.25) is 0 Å². The van der Waals surface area contributed by atoms with Crippen LogP contribution >= 0.6 is 0 Å². The van der Waals surface area contributed by atoms with Gasteiger partial charge in [-0.3, -0.25) is 19.5 Å². The molecule has 3 heterocycles. The van der Waals surface area contributed by atoms with Gasteiger partial charge in [-0.1, -0.05) is 0 Å². The number of nitrogens with zero attached hydrogens (tertiary/aromatic N) is 1. The molecule has 0 spiro atoms. The molecule has 0 aromatic rings. The van der Waals surface area contributed by atoms with Gasteiger partial charge in [-0.15, -0.1) is 4.28 Å². The maximum atomic E-state index is 13.8. The number of hydroxylamine groups is 2. The topological polar surface area (TPSA) is 134 Å². The predicted molar refractivity (Wildman–Crippen MR) is 75.1 cm³/mol. The maximum Gasteiger partial charge on any atom is 0.418 e. The molecule has 5 atom stereocenters. The van der Waals surface area contributed by atoms with E-state index in [1.165, 1.54) is 0 Å². The molecule has 0 aromatic carbocycles. The lowest BCUT2D eigenvalue weighted by atomic mass is 9.87. The Balaban J connectivity index is 1.66. The molecule has 3 saturated heterocycles. The molecule has 3 N–H and O–H groups in total. The Morgan fingerprint density at radius 2 is 2.12 bits per heavy atom. The van der Waals surface area contributed by atoms with E-state index in [0.29, 0.717) is 11.6 Å². The quantitative estimate of drug-likeness (QED) is 0.395. The summed E-state index contributed by atoms with van der Waals surface area (Å²) in [5.41, 5.74) is 0. The second-order valence-corrected chi connectivity index (χ2v) is 7.03. The molecule has 3 aliphatic rings. The van der Waals surface area contributed by atoms with E-state index < -0.39 is 52.6 Å². The molecular formula is C12H18FN3O7S. The zero-order valence-corrected chi connectivity index (χ0v) is 13.4. The molecule has 1 unspecified atom stereocenters. The summed E-state index contributed by atoms with van der Waals surface area (Å²) in [6.07, 6.45) is -2.58. The second-order valence-electron chi connectivity index (χ2n) is 6.02. The monoisotopic (exact) mass is 367 g/mol. The molecule has 0 radical (unpaired) electrons. The first-order valence-corrected chi connectivity index (χ1v) is 8.91. The highest BCUT2D eigenvalue weighted by Crippen LogP contribution is 2.35. The highest BCUT2D eigenvalue weighted by atomic mass is 32.3. The highest BCUT2D eigenvalue weighted by Gasteiger charge is 2.52. The van der Waals surface area contributed by atoms with Crippen LogP contribution in [-0.2, 0) is 29.0 Å². The molecule has 3 fully saturated rings. The molecule has 1 amide bonds. The van der Waals surface area contributed by atoms with Crippen molar-refractivity contribution >= 4 is 22.3 Å². The summed E-state index contributed by atoms with van der Waals surface area (Å²) in [5, 5.41) is 6.22. The van der Waals surface area contributed by atoms with Crippen LogP contribution in [0.1, 0.15) is 12.8 Å². The summed E-state index contributed by atoms with van der Waals surface area (Å²) in [6.45, 7) is 0.763. The number of fused-ring (bicyclic) bond motifs is 2. The van der Waals surface area contributed by atoms with E-state index in [2.05, 4.69) is 14.9 Å². The fraction of sp³-hybridized carbons (Fsp3) is 0.833. The van der Waals surface area contributed by atoms with E-state index in [1.807, 2.05) is 0 Å². The van der Waals surface area contributed by atoms with Crippen molar-refractivity contribution in [3.05, 3.63) is 0 Å². The molecular weight excluding hydrogens is 349 g/mol. The SMILES string of the molecule is O=C(O[C@H]1CNCC[C@@H]1F)[C@@H]1CN[C@H]2CC1C(=O)N2OS(=O)(=O)O. The molecule has 136 valence electrons. The third-order valence-corrected chi connectivity index (χ3v) is 4.79. The van der Waals surface area contributed by atoms with Crippen molar-refractivity contribution in [1.82, 2.24) is 15.7 Å². The first-order chi connectivity index (χ1) is 11.3. The molecule has 0 aliphatic carbocycles. The van der Waals surface area contributed by atoms with Gasteiger partial charge in [0.25, 0.3) is 5.91 Å². The first-order valence-electron chi connectivity index (χ1n) is 7.55. The number of hydrogen-bond acceptors (Lipinski definition) is 8. The zero-order chi connectivity index (χ0) is 17.5. The average molecular weight is 367 g/mol. The van der Waals surface area contributed by atoms with E-state index in [1.54, 1.807) is 0 Å². The Hall–Kier alpha value is -1.34. The van der Waals surface area contributed by atoms with E-state index >= 15 is 0 Å². The Morgan fingerprint density at radius 3 is 2.79 bits per heavy atom. The van der Waals surface area contributed by atoms with Crippen LogP contribution < -0.4 is 10.6 Å². The van der Waals surface area contributed by atoms with Gasteiger partial charge in [0.05, 0.1) is 11.8 Å². The first kappa shape index (κ1) is 17.5. The van der Waals surface area contributed by atoms with E-state index in [9.17, 15) is 22.4 Å². The summed E-state index contributed by atoms with van der Waals surface area (Å²) < 4.78 is 53.5. The van der Waals surface area contributed by atoms with Crippen molar-refractivity contribution < 1.29 is 36.0 Å². The lowest BCUT2D eigenvalue weighted by molar-refractivity contribution is -0.165. The van der Waals surface area contributed by atoms with Crippen LogP contribution in [0.2, 0.25) is 0 Å². The van der Waals surface area contributed by atoms with Crippen LogP contribution in [0.5, 0.6) is 0 Å². The Bertz CT molecular complexity index is 630. The van der Waals surface area contributed by atoms with Gasteiger partial charge in [0.15, 0.2) is 0 Å². The number of ether oxygens (including phenoxy) is 1. The van der Waals surface area contributed by atoms with Crippen molar-refractivity contribution in [2.45, 2.75) is 31.3 Å². The largest absolute Gasteiger partial charge is 0.458 e. The van der Waals surface area contributed by atoms with Crippen LogP contribution in [0, 0.1) is 11.8 Å². The third-order valence-electron chi connectivity index (χ3n) is 4.44. The number of rotatable bonds is 4. The van der Waals surface area contributed by atoms with Gasteiger partial charge < -0.3 is 10.1 Å². The van der Waals surface area contributed by atoms with Crippen molar-refractivity contribution in [2.24, 2.45) is 11.8 Å². The average Bonchev–Trinajstić information content (AvgIpc) is 2.73. The smallest absolute Gasteiger partial charge is 0.418 e. The highest BCUT2D eigenvalue weighted by molar-refractivity contribution is 7.80. The minimum atomic E-state index is -4.86. The molecule has 10 nitrogen and oxygen atoms in total. The number of halogens is 1. The lowest BCUT2D eigenvalue weighted by Crippen LogP contribution is -2.49. The number of carbonyl (C=O) groups excluding carboxylic acids is 2. The molecule has 12 heteroatoms. The van der Waals surface area contributed by atoms with Crippen LogP contribution in [-0.4, -0.2) is 68.0 Å². The summed E-state index contributed by atoms with van der Waals surface area (Å²) in [4.78, 5) is 24.5. The Kier molecular flexibility index (Phi) is 4.75. The minimum Gasteiger partial charge on any atom is -0.458 e. The molecule has 3 rings (SSSR count). The summed E-state index contributed by atoms with van der Waals surface area (Å²) >= 11 is 0. The number of alkyl halides is 1. The van der Waals surface area contributed by atoms with Crippen LogP contribution in [0.25, 0.3) is 0 Å². The number of piperidine rings is 2. The van der Waals surface area contributed by atoms with Gasteiger partial charge in [-0.25, -0.2) is 4.39 Å². The van der Waals surface area contributed by atoms with Crippen LogP contribution in [0.15, 0.2) is 0 Å². The van der Waals surface area contributed by atoms with Crippen molar-refractivity contribution in [3.8, 4) is 0 Å².